The highest BCUT2D eigenvalue weighted by Gasteiger charge is 2.18. The van der Waals surface area contributed by atoms with Gasteiger partial charge in [0.1, 0.15) is 0 Å². The van der Waals surface area contributed by atoms with Crippen LogP contribution in [0.2, 0.25) is 0 Å². The van der Waals surface area contributed by atoms with E-state index < -0.39 is 0 Å². The van der Waals surface area contributed by atoms with Crippen LogP contribution in [0.15, 0.2) is 16.6 Å². The number of halogens is 1. The molecule has 1 aliphatic heterocycles. The largest absolute Gasteiger partial charge is 0.490 e. The van der Waals surface area contributed by atoms with Gasteiger partial charge in [-0.3, -0.25) is 0 Å². The van der Waals surface area contributed by atoms with E-state index in [4.69, 9.17) is 9.47 Å². The maximum absolute atomic E-state index is 9.24. The molecular weight excluding hydrogens is 310 g/mol. The Morgan fingerprint density at radius 3 is 2.79 bits per heavy atom. The fraction of sp³-hybridized carbons (Fsp3) is 0.571. The van der Waals surface area contributed by atoms with Crippen molar-refractivity contribution in [2.24, 2.45) is 0 Å². The van der Waals surface area contributed by atoms with Crippen molar-refractivity contribution in [3.63, 3.8) is 0 Å². The van der Waals surface area contributed by atoms with Crippen molar-refractivity contribution >= 4 is 15.9 Å². The Morgan fingerprint density at radius 1 is 1.32 bits per heavy atom. The molecule has 19 heavy (non-hydrogen) atoms. The third kappa shape index (κ3) is 3.84. The van der Waals surface area contributed by atoms with Crippen LogP contribution in [0, 0.1) is 0 Å². The lowest BCUT2D eigenvalue weighted by molar-refractivity contribution is 0.187. The van der Waals surface area contributed by atoms with Crippen molar-refractivity contribution in [3.8, 4) is 11.5 Å². The molecule has 0 saturated heterocycles. The molecule has 2 rings (SSSR count). The van der Waals surface area contributed by atoms with E-state index in [2.05, 4.69) is 21.2 Å². The minimum absolute atomic E-state index is 0.0960. The zero-order chi connectivity index (χ0) is 13.9. The van der Waals surface area contributed by atoms with Gasteiger partial charge in [0.05, 0.1) is 24.3 Å². The van der Waals surface area contributed by atoms with Crippen LogP contribution < -0.4 is 14.8 Å². The molecular formula is C14H20BrNO3. The summed E-state index contributed by atoms with van der Waals surface area (Å²) in [6.07, 6.45) is 0.895. The number of aliphatic hydroxyl groups excluding tert-OH is 1. The van der Waals surface area contributed by atoms with E-state index in [1.807, 2.05) is 26.0 Å². The van der Waals surface area contributed by atoms with Crippen LogP contribution in [0.3, 0.4) is 0 Å². The number of ether oxygens (including phenoxy) is 2. The molecule has 1 aliphatic rings. The lowest BCUT2D eigenvalue weighted by Gasteiger charge is -2.24. The summed E-state index contributed by atoms with van der Waals surface area (Å²) in [4.78, 5) is 0. The second-order valence-electron chi connectivity index (χ2n) is 5.35. The topological polar surface area (TPSA) is 50.7 Å². The van der Waals surface area contributed by atoms with Crippen molar-refractivity contribution in [3.05, 3.63) is 22.2 Å². The average Bonchev–Trinajstić information content (AvgIpc) is 2.62. The molecule has 0 unspecified atom stereocenters. The second-order valence-corrected chi connectivity index (χ2v) is 6.21. The Balaban J connectivity index is 2.15. The summed E-state index contributed by atoms with van der Waals surface area (Å²) in [7, 11) is 0. The van der Waals surface area contributed by atoms with E-state index in [1.165, 1.54) is 0 Å². The summed E-state index contributed by atoms with van der Waals surface area (Å²) in [6.45, 7) is 6.05. The third-order valence-corrected chi connectivity index (χ3v) is 3.62. The maximum Gasteiger partial charge on any atom is 0.175 e. The summed E-state index contributed by atoms with van der Waals surface area (Å²) in [5.41, 5.74) is 0.800. The lowest BCUT2D eigenvalue weighted by Crippen LogP contribution is -2.42. The van der Waals surface area contributed by atoms with Crippen LogP contribution in [0.4, 0.5) is 0 Å². The number of hydrogen-bond acceptors (Lipinski definition) is 4. The van der Waals surface area contributed by atoms with E-state index in [9.17, 15) is 5.11 Å². The van der Waals surface area contributed by atoms with Crippen LogP contribution in [-0.2, 0) is 6.54 Å². The lowest BCUT2D eigenvalue weighted by atomic mass is 10.1. The van der Waals surface area contributed by atoms with Crippen LogP contribution in [-0.4, -0.2) is 30.5 Å². The van der Waals surface area contributed by atoms with E-state index in [-0.39, 0.29) is 12.1 Å². The third-order valence-electron chi connectivity index (χ3n) is 3.03. The van der Waals surface area contributed by atoms with Gasteiger partial charge in [0.2, 0.25) is 0 Å². The number of nitrogens with one attached hydrogen (secondary N) is 1. The number of benzene rings is 1. The van der Waals surface area contributed by atoms with Crippen molar-refractivity contribution in [2.75, 3.05) is 19.8 Å². The van der Waals surface area contributed by atoms with Crippen LogP contribution in [0.5, 0.6) is 11.5 Å². The monoisotopic (exact) mass is 329 g/mol. The summed E-state index contributed by atoms with van der Waals surface area (Å²) >= 11 is 3.52. The Kier molecular flexibility index (Phi) is 4.71. The van der Waals surface area contributed by atoms with Gasteiger partial charge in [0, 0.05) is 18.5 Å². The fourth-order valence-corrected chi connectivity index (χ4v) is 2.39. The number of fused-ring (bicyclic) bond motifs is 1. The standard InChI is InChI=1S/C14H20BrNO3/c1-14(2,9-17)16-8-10-6-11(15)13-12(7-10)18-4-3-5-19-13/h6-7,16-17H,3-5,8-9H2,1-2H3. The van der Waals surface area contributed by atoms with Crippen LogP contribution in [0.1, 0.15) is 25.8 Å². The summed E-state index contributed by atoms with van der Waals surface area (Å²) in [5.74, 6) is 1.56. The first-order valence-corrected chi connectivity index (χ1v) is 7.25. The zero-order valence-electron chi connectivity index (χ0n) is 11.3. The predicted molar refractivity (Wildman–Crippen MR) is 77.8 cm³/mol. The van der Waals surface area contributed by atoms with Crippen molar-refractivity contribution in [1.29, 1.82) is 0 Å². The van der Waals surface area contributed by atoms with Gasteiger partial charge in [0.25, 0.3) is 0 Å². The van der Waals surface area contributed by atoms with Gasteiger partial charge in [0.15, 0.2) is 11.5 Å². The Hall–Kier alpha value is -0.780. The first kappa shape index (κ1) is 14.6. The van der Waals surface area contributed by atoms with Gasteiger partial charge in [-0.05, 0) is 47.5 Å². The smallest absolute Gasteiger partial charge is 0.175 e. The van der Waals surface area contributed by atoms with Crippen LogP contribution in [0.25, 0.3) is 0 Å². The molecule has 5 heteroatoms. The molecule has 0 amide bonds. The van der Waals surface area contributed by atoms with Crippen molar-refractivity contribution in [1.82, 2.24) is 5.32 Å². The molecule has 1 heterocycles. The van der Waals surface area contributed by atoms with Gasteiger partial charge in [-0.25, -0.2) is 0 Å². The Bertz CT molecular complexity index is 449. The Labute approximate surface area is 122 Å². The van der Waals surface area contributed by atoms with E-state index >= 15 is 0 Å². The van der Waals surface area contributed by atoms with Gasteiger partial charge >= 0.3 is 0 Å². The minimum atomic E-state index is -0.295. The second kappa shape index (κ2) is 6.11. The Morgan fingerprint density at radius 2 is 2.05 bits per heavy atom. The predicted octanol–water partition coefficient (Wildman–Crippen LogP) is 2.47. The molecule has 0 fully saturated rings. The minimum Gasteiger partial charge on any atom is -0.490 e. The molecule has 0 saturated carbocycles. The molecule has 0 spiro atoms. The van der Waals surface area contributed by atoms with E-state index in [1.54, 1.807) is 0 Å². The van der Waals surface area contributed by atoms with Crippen molar-refractivity contribution < 1.29 is 14.6 Å². The van der Waals surface area contributed by atoms with Crippen molar-refractivity contribution in [2.45, 2.75) is 32.4 Å². The highest BCUT2D eigenvalue weighted by Crippen LogP contribution is 2.38. The summed E-state index contributed by atoms with van der Waals surface area (Å²) in [5, 5.41) is 12.5. The van der Waals surface area contributed by atoms with E-state index in [0.717, 1.165) is 28.0 Å². The molecule has 1 aromatic rings. The zero-order valence-corrected chi connectivity index (χ0v) is 12.9. The molecule has 4 nitrogen and oxygen atoms in total. The molecule has 0 bridgehead atoms. The average molecular weight is 330 g/mol. The number of aliphatic hydroxyl groups is 1. The summed E-state index contributed by atoms with van der Waals surface area (Å²) < 4.78 is 12.3. The molecule has 0 aromatic heterocycles. The molecule has 0 atom stereocenters. The normalized spacial score (nSPS) is 15.2. The van der Waals surface area contributed by atoms with Gasteiger partial charge in [-0.1, -0.05) is 0 Å². The van der Waals surface area contributed by atoms with Crippen LogP contribution >= 0.6 is 15.9 Å². The molecule has 1 aromatic carbocycles. The first-order chi connectivity index (χ1) is 9.02. The molecule has 0 aliphatic carbocycles. The first-order valence-electron chi connectivity index (χ1n) is 6.46. The highest BCUT2D eigenvalue weighted by atomic mass is 79.9. The molecule has 106 valence electrons. The highest BCUT2D eigenvalue weighted by molar-refractivity contribution is 9.10. The van der Waals surface area contributed by atoms with Gasteiger partial charge < -0.3 is 19.9 Å². The number of rotatable bonds is 4. The SMILES string of the molecule is CC(C)(CO)NCc1cc(Br)c2c(c1)OCCCO2. The maximum atomic E-state index is 9.24. The van der Waals surface area contributed by atoms with Gasteiger partial charge in [-0.2, -0.15) is 0 Å². The molecule has 0 radical (unpaired) electrons. The van der Waals surface area contributed by atoms with Gasteiger partial charge in [-0.15, -0.1) is 0 Å². The fourth-order valence-electron chi connectivity index (χ4n) is 1.78. The number of hydrogen-bond donors (Lipinski definition) is 2. The summed E-state index contributed by atoms with van der Waals surface area (Å²) in [6, 6.07) is 4.01. The quantitative estimate of drug-likeness (QED) is 0.891. The molecule has 2 N–H and O–H groups in total. The van der Waals surface area contributed by atoms with E-state index in [0.29, 0.717) is 19.8 Å².